The molecule has 0 unspecified atom stereocenters. The van der Waals surface area contributed by atoms with E-state index in [1.165, 1.54) is 12.1 Å². The minimum atomic E-state index is -0.417. The first-order valence-corrected chi connectivity index (χ1v) is 7.40. The summed E-state index contributed by atoms with van der Waals surface area (Å²) in [6.45, 7) is 1.31. The summed E-state index contributed by atoms with van der Waals surface area (Å²) in [4.78, 5) is 14.1. The van der Waals surface area contributed by atoms with Crippen LogP contribution in [0, 0.1) is 5.82 Å². The topological polar surface area (TPSA) is 38.8 Å². The summed E-state index contributed by atoms with van der Waals surface area (Å²) in [6, 6.07) is 5.99. The van der Waals surface area contributed by atoms with Crippen molar-refractivity contribution in [1.29, 1.82) is 0 Å². The van der Waals surface area contributed by atoms with E-state index in [1.54, 1.807) is 24.1 Å². The van der Waals surface area contributed by atoms with Gasteiger partial charge in [-0.15, -0.1) is 0 Å². The van der Waals surface area contributed by atoms with Crippen LogP contribution in [-0.2, 0) is 9.47 Å². The molecule has 0 bridgehead atoms. The number of rotatable bonds is 2. The Bertz CT molecular complexity index is 518. The molecule has 1 aromatic carbocycles. The van der Waals surface area contributed by atoms with E-state index >= 15 is 0 Å². The summed E-state index contributed by atoms with van der Waals surface area (Å²) in [7, 11) is 1.78. The Hall–Kier alpha value is -1.46. The molecule has 1 saturated heterocycles. The van der Waals surface area contributed by atoms with Gasteiger partial charge in [0.2, 0.25) is 0 Å². The van der Waals surface area contributed by atoms with Gasteiger partial charge in [0.1, 0.15) is 5.82 Å². The van der Waals surface area contributed by atoms with Gasteiger partial charge in [0.15, 0.2) is 5.79 Å². The number of carbonyl (C=O) groups is 1. The average Bonchev–Trinajstić information content (AvgIpc) is 2.95. The molecule has 1 aromatic rings. The monoisotopic (exact) mass is 293 g/mol. The van der Waals surface area contributed by atoms with E-state index in [9.17, 15) is 9.18 Å². The fraction of sp³-hybridized carbons (Fsp3) is 0.562. The van der Waals surface area contributed by atoms with Crippen LogP contribution in [0.4, 0.5) is 4.39 Å². The molecule has 0 radical (unpaired) electrons. The van der Waals surface area contributed by atoms with Gasteiger partial charge in [0, 0.05) is 31.5 Å². The van der Waals surface area contributed by atoms with Gasteiger partial charge in [-0.3, -0.25) is 4.79 Å². The highest BCUT2D eigenvalue weighted by molar-refractivity contribution is 5.94. The number of carbonyl (C=O) groups excluding carboxylic acids is 1. The van der Waals surface area contributed by atoms with Gasteiger partial charge < -0.3 is 14.4 Å². The van der Waals surface area contributed by atoms with Crippen molar-refractivity contribution in [3.05, 3.63) is 35.6 Å². The molecular formula is C16H20FNO3. The molecule has 1 aliphatic carbocycles. The predicted molar refractivity (Wildman–Crippen MR) is 75.4 cm³/mol. The summed E-state index contributed by atoms with van der Waals surface area (Å²) in [5, 5.41) is 0. The van der Waals surface area contributed by atoms with Crippen molar-refractivity contribution in [2.24, 2.45) is 0 Å². The molecule has 1 amide bonds. The molecule has 2 fully saturated rings. The molecule has 1 aliphatic heterocycles. The first kappa shape index (κ1) is 14.5. The zero-order valence-electron chi connectivity index (χ0n) is 12.2. The molecule has 3 rings (SSSR count). The number of hydrogen-bond donors (Lipinski definition) is 0. The lowest BCUT2D eigenvalue weighted by Gasteiger charge is -2.39. The fourth-order valence-electron chi connectivity index (χ4n) is 3.21. The molecule has 1 heterocycles. The Morgan fingerprint density at radius 3 is 2.57 bits per heavy atom. The molecular weight excluding hydrogens is 273 g/mol. The number of hydrogen-bond acceptors (Lipinski definition) is 3. The van der Waals surface area contributed by atoms with E-state index in [-0.39, 0.29) is 17.8 Å². The van der Waals surface area contributed by atoms with Gasteiger partial charge in [0.25, 0.3) is 5.91 Å². The lowest BCUT2D eigenvalue weighted by molar-refractivity contribution is -0.182. The van der Waals surface area contributed by atoms with Crippen LogP contribution in [-0.4, -0.2) is 42.9 Å². The lowest BCUT2D eigenvalue weighted by Crippen LogP contribution is -2.44. The highest BCUT2D eigenvalue weighted by Gasteiger charge is 2.41. The number of nitrogens with zero attached hydrogens (tertiary/aromatic N) is 1. The number of ether oxygens (including phenoxy) is 2. The second-order valence-electron chi connectivity index (χ2n) is 5.77. The molecule has 0 N–H and O–H groups in total. The van der Waals surface area contributed by atoms with Crippen molar-refractivity contribution < 1.29 is 18.7 Å². The standard InChI is InChI=1S/C16H20FNO3/c1-18(15(19)12-3-2-4-13(17)11-12)14-5-7-16(8-6-14)20-9-10-21-16/h2-4,11,14H,5-10H2,1H3. The van der Waals surface area contributed by atoms with Crippen LogP contribution in [0.25, 0.3) is 0 Å². The maximum absolute atomic E-state index is 13.2. The Balaban J connectivity index is 1.63. The van der Waals surface area contributed by atoms with E-state index in [0.29, 0.717) is 18.8 Å². The smallest absolute Gasteiger partial charge is 0.253 e. The van der Waals surface area contributed by atoms with Crippen LogP contribution in [0.2, 0.25) is 0 Å². The summed E-state index contributed by atoms with van der Waals surface area (Å²) < 4.78 is 24.6. The van der Waals surface area contributed by atoms with Gasteiger partial charge in [-0.1, -0.05) is 6.07 Å². The summed E-state index contributed by atoms with van der Waals surface area (Å²) >= 11 is 0. The van der Waals surface area contributed by atoms with E-state index in [1.807, 2.05) is 0 Å². The number of benzene rings is 1. The minimum Gasteiger partial charge on any atom is -0.348 e. The normalized spacial score (nSPS) is 21.6. The molecule has 5 heteroatoms. The van der Waals surface area contributed by atoms with Gasteiger partial charge >= 0.3 is 0 Å². The highest BCUT2D eigenvalue weighted by atomic mass is 19.1. The van der Waals surface area contributed by atoms with Crippen LogP contribution in [0.3, 0.4) is 0 Å². The second-order valence-corrected chi connectivity index (χ2v) is 5.77. The van der Waals surface area contributed by atoms with Crippen molar-refractivity contribution in [2.75, 3.05) is 20.3 Å². The number of amides is 1. The zero-order chi connectivity index (χ0) is 14.9. The molecule has 0 atom stereocenters. The first-order valence-electron chi connectivity index (χ1n) is 7.40. The van der Waals surface area contributed by atoms with Crippen molar-refractivity contribution >= 4 is 5.91 Å². The van der Waals surface area contributed by atoms with Crippen LogP contribution in [0.5, 0.6) is 0 Å². The van der Waals surface area contributed by atoms with Crippen LogP contribution >= 0.6 is 0 Å². The van der Waals surface area contributed by atoms with E-state index in [4.69, 9.17) is 9.47 Å². The SMILES string of the molecule is CN(C(=O)c1cccc(F)c1)C1CCC2(CC1)OCCO2. The quantitative estimate of drug-likeness (QED) is 0.841. The van der Waals surface area contributed by atoms with Gasteiger partial charge in [-0.2, -0.15) is 0 Å². The summed E-state index contributed by atoms with van der Waals surface area (Å²) in [6.07, 6.45) is 3.30. The van der Waals surface area contributed by atoms with Crippen molar-refractivity contribution in [3.8, 4) is 0 Å². The second kappa shape index (κ2) is 5.73. The van der Waals surface area contributed by atoms with Gasteiger partial charge in [0.05, 0.1) is 13.2 Å². The number of halogens is 1. The Morgan fingerprint density at radius 2 is 1.95 bits per heavy atom. The molecule has 0 aromatic heterocycles. The van der Waals surface area contributed by atoms with Gasteiger partial charge in [-0.25, -0.2) is 4.39 Å². The Morgan fingerprint density at radius 1 is 1.29 bits per heavy atom. The van der Waals surface area contributed by atoms with Gasteiger partial charge in [-0.05, 0) is 31.0 Å². The molecule has 1 spiro atoms. The maximum Gasteiger partial charge on any atom is 0.253 e. The Labute approximate surface area is 123 Å². The summed E-state index contributed by atoms with van der Waals surface area (Å²) in [5.41, 5.74) is 0.395. The van der Waals surface area contributed by atoms with E-state index in [2.05, 4.69) is 0 Å². The van der Waals surface area contributed by atoms with Crippen molar-refractivity contribution in [2.45, 2.75) is 37.5 Å². The fourth-order valence-corrected chi connectivity index (χ4v) is 3.21. The minimum absolute atomic E-state index is 0.135. The lowest BCUT2D eigenvalue weighted by atomic mass is 9.89. The zero-order valence-corrected chi connectivity index (χ0v) is 12.2. The van der Waals surface area contributed by atoms with Crippen LogP contribution in [0.1, 0.15) is 36.0 Å². The third kappa shape index (κ3) is 2.94. The van der Waals surface area contributed by atoms with E-state index in [0.717, 1.165) is 25.7 Å². The van der Waals surface area contributed by atoms with Crippen molar-refractivity contribution in [1.82, 2.24) is 4.90 Å². The highest BCUT2D eigenvalue weighted by Crippen LogP contribution is 2.37. The molecule has 1 saturated carbocycles. The average molecular weight is 293 g/mol. The molecule has 21 heavy (non-hydrogen) atoms. The molecule has 114 valence electrons. The molecule has 2 aliphatic rings. The van der Waals surface area contributed by atoms with Crippen molar-refractivity contribution in [3.63, 3.8) is 0 Å². The maximum atomic E-state index is 13.2. The van der Waals surface area contributed by atoms with Crippen LogP contribution < -0.4 is 0 Å². The molecule has 4 nitrogen and oxygen atoms in total. The predicted octanol–water partition coefficient (Wildman–Crippen LogP) is 2.58. The van der Waals surface area contributed by atoms with E-state index < -0.39 is 5.79 Å². The Kier molecular flexibility index (Phi) is 3.95. The first-order chi connectivity index (χ1) is 10.1. The summed E-state index contributed by atoms with van der Waals surface area (Å²) in [5.74, 6) is -0.938. The van der Waals surface area contributed by atoms with Crippen LogP contribution in [0.15, 0.2) is 24.3 Å². The largest absolute Gasteiger partial charge is 0.348 e. The third-order valence-corrected chi connectivity index (χ3v) is 4.47. The third-order valence-electron chi connectivity index (χ3n) is 4.47.